The van der Waals surface area contributed by atoms with Crippen molar-refractivity contribution in [2.24, 2.45) is 0 Å². The monoisotopic (exact) mass is 405 g/mol. The zero-order valence-corrected chi connectivity index (χ0v) is 18.4. The highest BCUT2D eigenvalue weighted by Gasteiger charge is 2.13. The minimum atomic E-state index is -0.123. The number of nitrogens with one attached hydrogen (secondary N) is 1. The zero-order chi connectivity index (χ0) is 21.7. The molecule has 0 saturated heterocycles. The summed E-state index contributed by atoms with van der Waals surface area (Å²) in [6, 6.07) is 14.5. The van der Waals surface area contributed by atoms with E-state index in [2.05, 4.69) is 61.5 Å². The Morgan fingerprint density at radius 3 is 2.73 bits per heavy atom. The van der Waals surface area contributed by atoms with Gasteiger partial charge in [0.2, 0.25) is 5.91 Å². The molecule has 1 heterocycles. The molecule has 0 aliphatic heterocycles. The quantitative estimate of drug-likeness (QED) is 0.521. The van der Waals surface area contributed by atoms with E-state index < -0.39 is 0 Å². The molecular formula is C25H31N3O2. The number of amides is 1. The topological polar surface area (TPSA) is 56.2 Å². The fourth-order valence-electron chi connectivity index (χ4n) is 3.49. The van der Waals surface area contributed by atoms with Crippen molar-refractivity contribution in [3.63, 3.8) is 0 Å². The van der Waals surface area contributed by atoms with Crippen LogP contribution in [0.4, 0.5) is 0 Å². The van der Waals surface area contributed by atoms with Crippen molar-refractivity contribution in [2.45, 2.75) is 46.6 Å². The van der Waals surface area contributed by atoms with E-state index in [0.29, 0.717) is 37.6 Å². The Morgan fingerprint density at radius 2 is 2.00 bits per heavy atom. The number of hydrogen-bond acceptors (Lipinski definition) is 3. The number of aromatic nitrogens is 2. The predicted octanol–water partition coefficient (Wildman–Crippen LogP) is 4.78. The number of benzene rings is 2. The fraction of sp³-hybridized carbons (Fsp3) is 0.360. The van der Waals surface area contributed by atoms with Crippen LogP contribution in [0.3, 0.4) is 0 Å². The summed E-state index contributed by atoms with van der Waals surface area (Å²) < 4.78 is 8.39. The van der Waals surface area contributed by atoms with Crippen molar-refractivity contribution in [2.75, 3.05) is 13.2 Å². The van der Waals surface area contributed by atoms with Crippen LogP contribution in [0, 0.1) is 6.92 Å². The third-order valence-corrected chi connectivity index (χ3v) is 5.12. The summed E-state index contributed by atoms with van der Waals surface area (Å²) in [4.78, 5) is 16.5. The van der Waals surface area contributed by atoms with Gasteiger partial charge < -0.3 is 14.6 Å². The molecule has 5 heteroatoms. The Bertz CT molecular complexity index is 1050. The molecule has 1 N–H and O–H groups in total. The van der Waals surface area contributed by atoms with Gasteiger partial charge in [0, 0.05) is 18.5 Å². The van der Waals surface area contributed by atoms with Gasteiger partial charge in [0.05, 0.1) is 17.6 Å². The molecule has 5 nitrogen and oxygen atoms in total. The first-order chi connectivity index (χ1) is 14.4. The van der Waals surface area contributed by atoms with Crippen LogP contribution in [0.15, 0.2) is 54.6 Å². The van der Waals surface area contributed by atoms with Crippen molar-refractivity contribution < 1.29 is 9.53 Å². The molecule has 0 radical (unpaired) electrons. The van der Waals surface area contributed by atoms with Gasteiger partial charge in [-0.2, -0.15) is 0 Å². The maximum atomic E-state index is 11.8. The normalized spacial score (nSPS) is 11.1. The smallest absolute Gasteiger partial charge is 0.246 e. The molecule has 3 rings (SSSR count). The lowest BCUT2D eigenvalue weighted by atomic mass is 10.0. The first-order valence-corrected chi connectivity index (χ1v) is 10.5. The van der Waals surface area contributed by atoms with Gasteiger partial charge in [0.25, 0.3) is 0 Å². The number of para-hydroxylation sites is 2. The molecule has 1 amide bonds. The van der Waals surface area contributed by atoms with E-state index in [4.69, 9.17) is 9.72 Å². The maximum absolute atomic E-state index is 11.8. The standard InChI is InChI=1S/C25H31N3O2/c1-17(2)20-11-10-19(5)16-23(20)30-15-14-28-22-9-7-6-8-21(22)27-24(28)12-13-26-25(29)18(3)4/h6-11,16-17H,3,12-15H2,1-2,4-5H3,(H,26,29). The van der Waals surface area contributed by atoms with Gasteiger partial charge in [0.1, 0.15) is 18.2 Å². The van der Waals surface area contributed by atoms with Crippen LogP contribution in [-0.4, -0.2) is 28.6 Å². The average molecular weight is 406 g/mol. The van der Waals surface area contributed by atoms with Gasteiger partial charge in [0.15, 0.2) is 0 Å². The molecule has 0 unspecified atom stereocenters. The van der Waals surface area contributed by atoms with Crippen molar-refractivity contribution >= 4 is 16.9 Å². The van der Waals surface area contributed by atoms with Crippen LogP contribution in [0.5, 0.6) is 5.75 Å². The number of imidazole rings is 1. The third kappa shape index (κ3) is 5.09. The summed E-state index contributed by atoms with van der Waals surface area (Å²) in [6.45, 7) is 13.6. The lowest BCUT2D eigenvalue weighted by Crippen LogP contribution is -2.27. The number of ether oxygens (including phenoxy) is 1. The lowest BCUT2D eigenvalue weighted by molar-refractivity contribution is -0.117. The summed E-state index contributed by atoms with van der Waals surface area (Å²) >= 11 is 0. The van der Waals surface area contributed by atoms with Gasteiger partial charge in [-0.05, 0) is 49.1 Å². The summed E-state index contributed by atoms with van der Waals surface area (Å²) in [6.07, 6.45) is 0.648. The molecule has 0 atom stereocenters. The molecular weight excluding hydrogens is 374 g/mol. The van der Waals surface area contributed by atoms with Crippen LogP contribution in [0.25, 0.3) is 11.0 Å². The van der Waals surface area contributed by atoms with Gasteiger partial charge in [-0.3, -0.25) is 4.79 Å². The number of carbonyl (C=O) groups is 1. The Kier molecular flexibility index (Phi) is 6.93. The SMILES string of the molecule is C=C(C)C(=O)NCCc1nc2ccccc2n1CCOc1cc(C)ccc1C(C)C. The number of hydrogen-bond donors (Lipinski definition) is 1. The zero-order valence-electron chi connectivity index (χ0n) is 18.4. The molecule has 158 valence electrons. The van der Waals surface area contributed by atoms with Crippen LogP contribution >= 0.6 is 0 Å². The van der Waals surface area contributed by atoms with Crippen LogP contribution < -0.4 is 10.1 Å². The molecule has 3 aromatic rings. The van der Waals surface area contributed by atoms with Crippen molar-refractivity contribution in [1.82, 2.24) is 14.9 Å². The number of nitrogens with zero attached hydrogens (tertiary/aromatic N) is 2. The molecule has 0 aliphatic rings. The van der Waals surface area contributed by atoms with E-state index in [1.54, 1.807) is 6.92 Å². The Hall–Kier alpha value is -3.08. The Labute approximate surface area is 178 Å². The molecule has 2 aromatic carbocycles. The Balaban J connectivity index is 1.74. The lowest BCUT2D eigenvalue weighted by Gasteiger charge is -2.16. The largest absolute Gasteiger partial charge is 0.491 e. The van der Waals surface area contributed by atoms with E-state index in [9.17, 15) is 4.79 Å². The van der Waals surface area contributed by atoms with Crippen LogP contribution in [-0.2, 0) is 17.8 Å². The fourth-order valence-corrected chi connectivity index (χ4v) is 3.49. The molecule has 0 aliphatic carbocycles. The Morgan fingerprint density at radius 1 is 1.23 bits per heavy atom. The van der Waals surface area contributed by atoms with Crippen molar-refractivity contribution in [3.05, 3.63) is 71.6 Å². The maximum Gasteiger partial charge on any atom is 0.246 e. The summed E-state index contributed by atoms with van der Waals surface area (Å²) in [5.74, 6) is 2.17. The molecule has 1 aromatic heterocycles. The minimum Gasteiger partial charge on any atom is -0.491 e. The van der Waals surface area contributed by atoms with E-state index in [1.165, 1.54) is 11.1 Å². The second kappa shape index (κ2) is 9.61. The highest BCUT2D eigenvalue weighted by molar-refractivity contribution is 5.92. The van der Waals surface area contributed by atoms with Crippen LogP contribution in [0.2, 0.25) is 0 Å². The highest BCUT2D eigenvalue weighted by Crippen LogP contribution is 2.27. The van der Waals surface area contributed by atoms with E-state index in [0.717, 1.165) is 22.6 Å². The third-order valence-electron chi connectivity index (χ3n) is 5.12. The number of carbonyl (C=O) groups excluding carboxylic acids is 1. The molecule has 0 saturated carbocycles. The summed E-state index contributed by atoms with van der Waals surface area (Å²) in [5.41, 5.74) is 4.96. The first kappa shape index (κ1) is 21.6. The number of rotatable bonds is 9. The summed E-state index contributed by atoms with van der Waals surface area (Å²) in [7, 11) is 0. The summed E-state index contributed by atoms with van der Waals surface area (Å²) in [5, 5.41) is 2.89. The first-order valence-electron chi connectivity index (χ1n) is 10.5. The predicted molar refractivity (Wildman–Crippen MR) is 122 cm³/mol. The second-order valence-electron chi connectivity index (χ2n) is 8.00. The molecule has 0 fully saturated rings. The molecule has 0 bridgehead atoms. The highest BCUT2D eigenvalue weighted by atomic mass is 16.5. The van der Waals surface area contributed by atoms with Gasteiger partial charge >= 0.3 is 0 Å². The average Bonchev–Trinajstić information content (AvgIpc) is 3.05. The van der Waals surface area contributed by atoms with E-state index >= 15 is 0 Å². The van der Waals surface area contributed by atoms with Gasteiger partial charge in [-0.1, -0.05) is 44.7 Å². The van der Waals surface area contributed by atoms with Crippen LogP contribution in [0.1, 0.15) is 43.6 Å². The van der Waals surface area contributed by atoms with Gasteiger partial charge in [-0.25, -0.2) is 4.98 Å². The van der Waals surface area contributed by atoms with E-state index in [1.807, 2.05) is 18.2 Å². The molecule has 30 heavy (non-hydrogen) atoms. The van der Waals surface area contributed by atoms with Crippen molar-refractivity contribution in [3.8, 4) is 5.75 Å². The number of aryl methyl sites for hydroxylation is 1. The van der Waals surface area contributed by atoms with E-state index in [-0.39, 0.29) is 5.91 Å². The minimum absolute atomic E-state index is 0.123. The second-order valence-corrected chi connectivity index (χ2v) is 8.00. The van der Waals surface area contributed by atoms with Crippen molar-refractivity contribution in [1.29, 1.82) is 0 Å². The molecule has 0 spiro atoms. The van der Waals surface area contributed by atoms with Gasteiger partial charge in [-0.15, -0.1) is 0 Å². The number of fused-ring (bicyclic) bond motifs is 1.